The van der Waals surface area contributed by atoms with Crippen molar-refractivity contribution in [2.24, 2.45) is 0 Å². The highest BCUT2D eigenvalue weighted by atomic mass is 32.2. The number of benzene rings is 1. The largest absolute Gasteiger partial charge is 0.313 e. The van der Waals surface area contributed by atoms with Crippen LogP contribution in [0.3, 0.4) is 0 Å². The Bertz CT molecular complexity index is 567. The third-order valence-electron chi connectivity index (χ3n) is 3.69. The number of sulfonamides is 1. The lowest BCUT2D eigenvalue weighted by Crippen LogP contribution is -2.34. The van der Waals surface area contributed by atoms with Crippen molar-refractivity contribution in [1.82, 2.24) is 10.0 Å². The summed E-state index contributed by atoms with van der Waals surface area (Å²) in [5.74, 6) is 1.91. The van der Waals surface area contributed by atoms with Crippen molar-refractivity contribution in [3.05, 3.63) is 29.3 Å². The first-order valence-electron chi connectivity index (χ1n) is 7.49. The summed E-state index contributed by atoms with van der Waals surface area (Å²) < 4.78 is 27.8. The summed E-state index contributed by atoms with van der Waals surface area (Å²) in [7, 11) is -3.41. The normalized spacial score (nSPS) is 19.0. The van der Waals surface area contributed by atoms with Crippen LogP contribution in [0.2, 0.25) is 0 Å². The maximum Gasteiger partial charge on any atom is 0.240 e. The molecule has 118 valence electrons. The molecule has 1 aromatic rings. The molecule has 1 atom stereocenters. The highest BCUT2D eigenvalue weighted by molar-refractivity contribution is 7.99. The molecule has 4 nitrogen and oxygen atoms in total. The van der Waals surface area contributed by atoms with E-state index in [9.17, 15) is 8.42 Å². The minimum atomic E-state index is -3.41. The Morgan fingerprint density at radius 2 is 2.10 bits per heavy atom. The van der Waals surface area contributed by atoms with E-state index in [0.717, 1.165) is 36.5 Å². The van der Waals surface area contributed by atoms with Gasteiger partial charge in [0.15, 0.2) is 0 Å². The predicted octanol–water partition coefficient (Wildman–Crippen LogP) is 2.14. The fourth-order valence-corrected chi connectivity index (χ4v) is 5.03. The van der Waals surface area contributed by atoms with Crippen molar-refractivity contribution in [3.8, 4) is 0 Å². The Balaban J connectivity index is 2.21. The summed E-state index contributed by atoms with van der Waals surface area (Å²) in [6.07, 6.45) is 1.83. The molecular weight excluding hydrogens is 304 g/mol. The third-order valence-corrected chi connectivity index (χ3v) is 6.37. The van der Waals surface area contributed by atoms with E-state index in [2.05, 4.69) is 17.0 Å². The Morgan fingerprint density at radius 1 is 1.29 bits per heavy atom. The van der Waals surface area contributed by atoms with Gasteiger partial charge in [0, 0.05) is 18.3 Å². The first-order chi connectivity index (χ1) is 10.1. The zero-order valence-electron chi connectivity index (χ0n) is 12.7. The van der Waals surface area contributed by atoms with Crippen LogP contribution in [0.4, 0.5) is 0 Å². The molecule has 1 fully saturated rings. The predicted molar refractivity (Wildman–Crippen MR) is 89.3 cm³/mol. The van der Waals surface area contributed by atoms with E-state index in [-0.39, 0.29) is 6.04 Å². The van der Waals surface area contributed by atoms with Gasteiger partial charge < -0.3 is 5.32 Å². The van der Waals surface area contributed by atoms with Crippen molar-refractivity contribution >= 4 is 21.8 Å². The lowest BCUT2D eigenvalue weighted by Gasteiger charge is -2.15. The molecule has 1 aliphatic rings. The van der Waals surface area contributed by atoms with Crippen LogP contribution in [-0.4, -0.2) is 32.5 Å². The molecule has 1 heterocycles. The van der Waals surface area contributed by atoms with Gasteiger partial charge >= 0.3 is 0 Å². The molecule has 1 aliphatic heterocycles. The van der Waals surface area contributed by atoms with Crippen LogP contribution in [-0.2, 0) is 23.0 Å². The summed E-state index contributed by atoms with van der Waals surface area (Å²) in [6.45, 7) is 5.72. The van der Waals surface area contributed by atoms with E-state index < -0.39 is 10.0 Å². The molecule has 2 N–H and O–H groups in total. The lowest BCUT2D eigenvalue weighted by molar-refractivity contribution is 0.563. The van der Waals surface area contributed by atoms with Gasteiger partial charge in [-0.1, -0.05) is 19.9 Å². The zero-order valence-corrected chi connectivity index (χ0v) is 14.3. The molecule has 0 bridgehead atoms. The smallest absolute Gasteiger partial charge is 0.240 e. The number of nitrogens with one attached hydrogen (secondary N) is 2. The molecule has 0 amide bonds. The first kappa shape index (κ1) is 16.8. The van der Waals surface area contributed by atoms with Gasteiger partial charge in [-0.2, -0.15) is 11.8 Å². The second kappa shape index (κ2) is 7.63. The van der Waals surface area contributed by atoms with Gasteiger partial charge in [-0.05, 0) is 48.4 Å². The van der Waals surface area contributed by atoms with Crippen LogP contribution < -0.4 is 10.0 Å². The minimum Gasteiger partial charge on any atom is -0.313 e. The molecule has 0 aliphatic carbocycles. The summed E-state index contributed by atoms with van der Waals surface area (Å²) in [5, 5.41) is 3.27. The van der Waals surface area contributed by atoms with Crippen molar-refractivity contribution in [2.75, 3.05) is 18.1 Å². The number of thioether (sulfide) groups is 1. The number of hydrogen-bond donors (Lipinski definition) is 2. The van der Waals surface area contributed by atoms with Crippen LogP contribution in [0.5, 0.6) is 0 Å². The van der Waals surface area contributed by atoms with Crippen LogP contribution in [0, 0.1) is 0 Å². The molecule has 1 saturated heterocycles. The summed E-state index contributed by atoms with van der Waals surface area (Å²) in [5.41, 5.74) is 2.27. The van der Waals surface area contributed by atoms with E-state index >= 15 is 0 Å². The number of rotatable bonds is 7. The van der Waals surface area contributed by atoms with E-state index in [4.69, 9.17) is 0 Å². The molecule has 0 aromatic heterocycles. The molecule has 0 radical (unpaired) electrons. The maximum atomic E-state index is 12.5. The molecule has 21 heavy (non-hydrogen) atoms. The van der Waals surface area contributed by atoms with Gasteiger partial charge in [-0.15, -0.1) is 0 Å². The molecular formula is C15H24N2O2S2. The lowest BCUT2D eigenvalue weighted by atomic mass is 10.1. The topological polar surface area (TPSA) is 58.2 Å². The summed E-state index contributed by atoms with van der Waals surface area (Å²) in [4.78, 5) is 0.379. The fourth-order valence-electron chi connectivity index (χ4n) is 2.45. The van der Waals surface area contributed by atoms with E-state index in [1.165, 1.54) is 5.56 Å². The van der Waals surface area contributed by atoms with Crippen molar-refractivity contribution in [1.29, 1.82) is 0 Å². The molecule has 1 unspecified atom stereocenters. The van der Waals surface area contributed by atoms with Gasteiger partial charge in [0.25, 0.3) is 0 Å². The van der Waals surface area contributed by atoms with Crippen LogP contribution >= 0.6 is 11.8 Å². The SMILES string of the molecule is CCNCc1cc(S(=O)(=O)NC2CCSC2)ccc1CC. The second-order valence-electron chi connectivity index (χ2n) is 5.25. The highest BCUT2D eigenvalue weighted by Crippen LogP contribution is 2.21. The number of aryl methyl sites for hydroxylation is 1. The molecule has 0 saturated carbocycles. The highest BCUT2D eigenvalue weighted by Gasteiger charge is 2.23. The van der Waals surface area contributed by atoms with Gasteiger partial charge in [0.1, 0.15) is 0 Å². The molecule has 1 aromatic carbocycles. The molecule has 6 heteroatoms. The monoisotopic (exact) mass is 328 g/mol. The van der Waals surface area contributed by atoms with Gasteiger partial charge in [-0.3, -0.25) is 0 Å². The summed E-state index contributed by atoms with van der Waals surface area (Å²) >= 11 is 1.80. The molecule has 0 spiro atoms. The Morgan fingerprint density at radius 3 is 2.71 bits per heavy atom. The second-order valence-corrected chi connectivity index (χ2v) is 8.11. The van der Waals surface area contributed by atoms with E-state index in [1.54, 1.807) is 17.8 Å². The number of hydrogen-bond acceptors (Lipinski definition) is 4. The zero-order chi connectivity index (χ0) is 15.3. The fraction of sp³-hybridized carbons (Fsp3) is 0.600. The average Bonchev–Trinajstić information content (AvgIpc) is 2.96. The minimum absolute atomic E-state index is 0.0723. The van der Waals surface area contributed by atoms with Crippen molar-refractivity contribution < 1.29 is 8.42 Å². The average molecular weight is 329 g/mol. The van der Waals surface area contributed by atoms with Gasteiger partial charge in [-0.25, -0.2) is 13.1 Å². The van der Waals surface area contributed by atoms with Crippen LogP contribution in [0.15, 0.2) is 23.1 Å². The summed E-state index contributed by atoms with van der Waals surface area (Å²) in [6, 6.07) is 5.54. The Kier molecular flexibility index (Phi) is 6.10. The quantitative estimate of drug-likeness (QED) is 0.805. The first-order valence-corrected chi connectivity index (χ1v) is 10.1. The Labute approximate surface area is 132 Å². The van der Waals surface area contributed by atoms with Crippen molar-refractivity contribution in [2.45, 2.75) is 44.2 Å². The molecule has 2 rings (SSSR count). The standard InChI is InChI=1S/C15H24N2O2S2/c1-3-12-5-6-15(9-13(12)10-16-4-2)21(18,19)17-14-7-8-20-11-14/h5-6,9,14,16-17H,3-4,7-8,10-11H2,1-2H3. The van der Waals surface area contributed by atoms with E-state index in [1.807, 2.05) is 19.1 Å². The van der Waals surface area contributed by atoms with Crippen LogP contribution in [0.25, 0.3) is 0 Å². The van der Waals surface area contributed by atoms with Gasteiger partial charge in [0.2, 0.25) is 10.0 Å². The Hall–Kier alpha value is -0.560. The van der Waals surface area contributed by atoms with Gasteiger partial charge in [0.05, 0.1) is 4.90 Å². The van der Waals surface area contributed by atoms with E-state index in [0.29, 0.717) is 11.4 Å². The van der Waals surface area contributed by atoms with Crippen molar-refractivity contribution in [3.63, 3.8) is 0 Å². The van der Waals surface area contributed by atoms with Crippen LogP contribution in [0.1, 0.15) is 31.4 Å². The maximum absolute atomic E-state index is 12.5. The third kappa shape index (κ3) is 4.45.